The molecule has 0 aliphatic heterocycles. The number of thioether (sulfide) groups is 1. The van der Waals surface area contributed by atoms with Crippen LogP contribution in [0.1, 0.15) is 18.1 Å². The topological polar surface area (TPSA) is 63.3 Å². The van der Waals surface area contributed by atoms with Crippen LogP contribution in [0.5, 0.6) is 0 Å². The lowest BCUT2D eigenvalue weighted by Gasteiger charge is -2.07. The van der Waals surface area contributed by atoms with E-state index in [1.54, 1.807) is 0 Å². The molecule has 0 radical (unpaired) electrons. The minimum absolute atomic E-state index is 0.0786. The van der Waals surface area contributed by atoms with E-state index in [0.29, 0.717) is 5.75 Å². The van der Waals surface area contributed by atoms with Crippen molar-refractivity contribution >= 4 is 17.7 Å². The van der Waals surface area contributed by atoms with Crippen LogP contribution in [-0.2, 0) is 10.5 Å². The van der Waals surface area contributed by atoms with Gasteiger partial charge in [-0.2, -0.15) is 11.8 Å². The molecule has 0 amide bonds. The third kappa shape index (κ3) is 3.87. The maximum Gasteiger partial charge on any atom is 0.321 e. The third-order valence-corrected chi connectivity index (χ3v) is 3.42. The minimum Gasteiger partial charge on any atom is -0.480 e. The Labute approximate surface area is 101 Å². The van der Waals surface area contributed by atoms with Crippen LogP contribution in [0.2, 0.25) is 0 Å². The molecular formula is C12H17NO2S. The van der Waals surface area contributed by atoms with E-state index in [0.717, 1.165) is 5.56 Å². The quantitative estimate of drug-likeness (QED) is 0.825. The number of hydrogen-bond donors (Lipinski definition) is 2. The van der Waals surface area contributed by atoms with Crippen molar-refractivity contribution in [1.82, 2.24) is 0 Å². The molecule has 0 saturated carbocycles. The van der Waals surface area contributed by atoms with Gasteiger partial charge < -0.3 is 10.8 Å². The van der Waals surface area contributed by atoms with Gasteiger partial charge in [-0.05, 0) is 30.5 Å². The highest BCUT2D eigenvalue weighted by molar-refractivity contribution is 7.98. The number of carboxylic acids is 1. The zero-order chi connectivity index (χ0) is 13.1. The average Bonchev–Trinajstić information content (AvgIpc) is 2.23. The van der Waals surface area contributed by atoms with Crippen LogP contribution < -0.4 is 5.73 Å². The van der Waals surface area contributed by atoms with Crippen molar-refractivity contribution < 1.29 is 11.3 Å². The molecule has 0 saturated heterocycles. The maximum absolute atomic E-state index is 10.6. The van der Waals surface area contributed by atoms with E-state index in [4.69, 9.17) is 12.2 Å². The minimum atomic E-state index is -1.90. The fourth-order valence-electron chi connectivity index (χ4n) is 1.23. The number of nitrogens with two attached hydrogens (primary N) is 1. The van der Waals surface area contributed by atoms with E-state index in [9.17, 15) is 4.79 Å². The first kappa shape index (κ1) is 11.5. The molecule has 16 heavy (non-hydrogen) atoms. The van der Waals surface area contributed by atoms with Crippen LogP contribution in [0.25, 0.3) is 0 Å². The number of carboxylic acid groups (broad SMARTS) is 1. The number of aliphatic carboxylic acids is 1. The van der Waals surface area contributed by atoms with Gasteiger partial charge in [0.2, 0.25) is 0 Å². The molecule has 0 fully saturated rings. The van der Waals surface area contributed by atoms with Gasteiger partial charge in [-0.1, -0.05) is 18.2 Å². The molecule has 0 bridgehead atoms. The lowest BCUT2D eigenvalue weighted by Crippen LogP contribution is -2.32. The predicted molar refractivity (Wildman–Crippen MR) is 67.7 cm³/mol. The lowest BCUT2D eigenvalue weighted by molar-refractivity contribution is -0.137. The van der Waals surface area contributed by atoms with Crippen molar-refractivity contribution in [3.63, 3.8) is 0 Å². The molecule has 1 atom stereocenters. The Morgan fingerprint density at radius 1 is 1.56 bits per heavy atom. The summed E-state index contributed by atoms with van der Waals surface area (Å²) in [6.45, 7) is 4.09. The zero-order valence-electron chi connectivity index (χ0n) is 10.5. The lowest BCUT2D eigenvalue weighted by atomic mass is 10.1. The summed E-state index contributed by atoms with van der Waals surface area (Å²) in [5.41, 5.74) is 8.90. The molecule has 1 aromatic rings. The normalized spacial score (nSPS) is 15.3. The molecule has 88 valence electrons. The monoisotopic (exact) mass is 240 g/mol. The van der Waals surface area contributed by atoms with Crippen LogP contribution in [0, 0.1) is 13.8 Å². The van der Waals surface area contributed by atoms with E-state index in [2.05, 4.69) is 6.07 Å². The van der Waals surface area contributed by atoms with Gasteiger partial charge >= 0.3 is 5.97 Å². The molecular weight excluding hydrogens is 222 g/mol. The fraction of sp³-hybridized carbons (Fsp3) is 0.417. The molecule has 3 nitrogen and oxygen atoms in total. The number of carbonyl (C=O) groups is 1. The molecule has 1 rings (SSSR count). The second kappa shape index (κ2) is 5.92. The van der Waals surface area contributed by atoms with E-state index < -0.39 is 12.0 Å². The fourth-order valence-corrected chi connectivity index (χ4v) is 2.09. The Bertz CT molecular complexity index is 421. The molecule has 1 unspecified atom stereocenters. The Hall–Kier alpha value is -1.00. The molecule has 0 heterocycles. The van der Waals surface area contributed by atoms with Gasteiger partial charge in [0.15, 0.2) is 0 Å². The van der Waals surface area contributed by atoms with Crippen LogP contribution in [0.3, 0.4) is 0 Å². The Kier molecular flexibility index (Phi) is 4.25. The zero-order valence-corrected chi connectivity index (χ0v) is 10.3. The van der Waals surface area contributed by atoms with Gasteiger partial charge in [-0.3, -0.25) is 4.79 Å². The number of benzene rings is 1. The van der Waals surface area contributed by atoms with Gasteiger partial charge in [-0.15, -0.1) is 0 Å². The highest BCUT2D eigenvalue weighted by Gasteiger charge is 2.10. The van der Waals surface area contributed by atoms with Crippen molar-refractivity contribution in [3.8, 4) is 0 Å². The van der Waals surface area contributed by atoms with Gasteiger partial charge in [-0.25, -0.2) is 0 Å². The van der Waals surface area contributed by atoms with Crippen LogP contribution in [-0.4, -0.2) is 22.8 Å². The summed E-state index contributed by atoms with van der Waals surface area (Å²) in [5, 5.41) is 8.69. The summed E-state index contributed by atoms with van der Waals surface area (Å²) in [6, 6.07) is 4.23. The van der Waals surface area contributed by atoms with Crippen molar-refractivity contribution in [2.75, 3.05) is 5.75 Å². The second-order valence-corrected chi connectivity index (χ2v) is 4.73. The summed E-state index contributed by atoms with van der Waals surface area (Å²) in [4.78, 5) is 10.6. The first-order valence-corrected chi connectivity index (χ1v) is 6.14. The van der Waals surface area contributed by atoms with Gasteiger partial charge in [0, 0.05) is 11.5 Å². The molecule has 3 N–H and O–H groups in total. The Morgan fingerprint density at radius 3 is 2.81 bits per heavy atom. The van der Waals surface area contributed by atoms with Crippen LogP contribution in [0.4, 0.5) is 0 Å². The standard InChI is InChI=1S/C12H17NO2S/c1-8-3-4-10(5-9(8)2)6-16-7-11(13)12(14)15/h3-5,11H,6-7,13H2,1-2H3,(H,14,15)/i11D. The van der Waals surface area contributed by atoms with Crippen molar-refractivity contribution in [2.24, 2.45) is 5.73 Å². The third-order valence-electron chi connectivity index (χ3n) is 2.37. The first-order chi connectivity index (χ1) is 7.83. The molecule has 0 spiro atoms. The van der Waals surface area contributed by atoms with E-state index in [1.165, 1.54) is 22.9 Å². The first-order valence-electron chi connectivity index (χ1n) is 5.49. The SMILES string of the molecule is [2H]C(N)(CSCc1ccc(C)c(C)c1)C(=O)O. The van der Waals surface area contributed by atoms with Crippen LogP contribution in [0.15, 0.2) is 18.2 Å². The molecule has 1 aromatic carbocycles. The number of aryl methyl sites for hydroxylation is 2. The van der Waals surface area contributed by atoms with Crippen molar-refractivity contribution in [2.45, 2.75) is 25.6 Å². The van der Waals surface area contributed by atoms with E-state index in [-0.39, 0.29) is 5.75 Å². The smallest absolute Gasteiger partial charge is 0.321 e. The summed E-state index contributed by atoms with van der Waals surface area (Å²) >= 11 is 1.36. The molecule has 0 aromatic heterocycles. The van der Waals surface area contributed by atoms with Gasteiger partial charge in [0.05, 0.1) is 1.37 Å². The van der Waals surface area contributed by atoms with Gasteiger partial charge in [0.25, 0.3) is 0 Å². The summed E-state index contributed by atoms with van der Waals surface area (Å²) < 4.78 is 7.38. The average molecular weight is 240 g/mol. The van der Waals surface area contributed by atoms with Crippen molar-refractivity contribution in [1.29, 1.82) is 0 Å². The molecule has 0 aliphatic carbocycles. The Balaban J connectivity index is 2.51. The number of rotatable bonds is 5. The molecule has 0 aliphatic rings. The summed E-state index contributed by atoms with van der Waals surface area (Å²) in [6.07, 6.45) is 0. The van der Waals surface area contributed by atoms with Crippen LogP contribution >= 0.6 is 11.8 Å². The highest BCUT2D eigenvalue weighted by atomic mass is 32.2. The second-order valence-electron chi connectivity index (χ2n) is 3.74. The molecule has 4 heteroatoms. The summed E-state index contributed by atoms with van der Waals surface area (Å²) in [5.74, 6) is -0.535. The number of hydrogen-bond acceptors (Lipinski definition) is 3. The predicted octanol–water partition coefficient (Wildman–Crippen LogP) is 1.95. The summed E-state index contributed by atoms with van der Waals surface area (Å²) in [7, 11) is 0. The maximum atomic E-state index is 10.6. The van der Waals surface area contributed by atoms with E-state index >= 15 is 0 Å². The van der Waals surface area contributed by atoms with E-state index in [1.807, 2.05) is 26.0 Å². The largest absolute Gasteiger partial charge is 0.480 e. The Morgan fingerprint density at radius 2 is 2.25 bits per heavy atom. The van der Waals surface area contributed by atoms with Gasteiger partial charge in [0.1, 0.15) is 6.02 Å². The highest BCUT2D eigenvalue weighted by Crippen LogP contribution is 2.16. The van der Waals surface area contributed by atoms with Crippen molar-refractivity contribution in [3.05, 3.63) is 34.9 Å².